The Morgan fingerprint density at radius 3 is 2.47 bits per heavy atom. The smallest absolute Gasteiger partial charge is 0.418 e. The van der Waals surface area contributed by atoms with Crippen molar-refractivity contribution in [1.29, 1.82) is 0 Å². The van der Waals surface area contributed by atoms with Crippen LogP contribution in [0.25, 0.3) is 0 Å². The van der Waals surface area contributed by atoms with Crippen molar-refractivity contribution in [3.63, 3.8) is 0 Å². The van der Waals surface area contributed by atoms with E-state index in [1.807, 2.05) is 5.32 Å². The van der Waals surface area contributed by atoms with Crippen LogP contribution in [0.2, 0.25) is 0 Å². The van der Waals surface area contributed by atoms with Crippen LogP contribution in [0.3, 0.4) is 0 Å². The fourth-order valence-corrected chi connectivity index (χ4v) is 1.33. The highest BCUT2D eigenvalue weighted by Crippen LogP contribution is 2.37. The summed E-state index contributed by atoms with van der Waals surface area (Å²) in [6.07, 6.45) is -5.61. The number of carboxylic acids is 1. The Labute approximate surface area is 106 Å². The van der Waals surface area contributed by atoms with Gasteiger partial charge in [0.2, 0.25) is 5.91 Å². The largest absolute Gasteiger partial charge is 0.497 e. The third kappa shape index (κ3) is 4.16. The van der Waals surface area contributed by atoms with E-state index in [0.29, 0.717) is 0 Å². The van der Waals surface area contributed by atoms with Gasteiger partial charge in [0, 0.05) is 0 Å². The molecule has 104 valence electrons. The fourth-order valence-electron chi connectivity index (χ4n) is 1.33. The number of carbonyl (C=O) groups is 2. The summed E-state index contributed by atoms with van der Waals surface area (Å²) < 4.78 is 42.9. The van der Waals surface area contributed by atoms with Gasteiger partial charge in [0.25, 0.3) is 0 Å². The third-order valence-corrected chi connectivity index (χ3v) is 2.12. The van der Waals surface area contributed by atoms with Crippen molar-refractivity contribution in [2.45, 2.75) is 12.6 Å². The number of carboxylic acid groups (broad SMARTS) is 1. The molecule has 1 rings (SSSR count). The molecule has 0 aliphatic heterocycles. The summed E-state index contributed by atoms with van der Waals surface area (Å²) in [5, 5.41) is 10.3. The molecule has 1 aromatic carbocycles. The van der Waals surface area contributed by atoms with Gasteiger partial charge in [-0.3, -0.25) is 9.59 Å². The summed E-state index contributed by atoms with van der Waals surface area (Å²) in [7, 11) is 1.21. The second-order valence-electron chi connectivity index (χ2n) is 3.53. The lowest BCUT2D eigenvalue weighted by atomic mass is 10.1. The van der Waals surface area contributed by atoms with E-state index in [4.69, 9.17) is 5.11 Å². The summed E-state index contributed by atoms with van der Waals surface area (Å²) >= 11 is 0. The van der Waals surface area contributed by atoms with Crippen LogP contribution in [0.5, 0.6) is 5.75 Å². The maximum atomic E-state index is 12.8. The molecule has 8 heteroatoms. The molecule has 0 fully saturated rings. The first kappa shape index (κ1) is 14.8. The molecule has 0 radical (unpaired) electrons. The molecule has 0 saturated carbocycles. The van der Waals surface area contributed by atoms with Gasteiger partial charge in [-0.1, -0.05) is 0 Å². The molecule has 0 aliphatic carbocycles. The Morgan fingerprint density at radius 1 is 1.37 bits per heavy atom. The number of alkyl halides is 3. The normalized spacial score (nSPS) is 10.9. The van der Waals surface area contributed by atoms with E-state index in [1.165, 1.54) is 13.2 Å². The van der Waals surface area contributed by atoms with Crippen molar-refractivity contribution in [2.75, 3.05) is 12.4 Å². The minimum Gasteiger partial charge on any atom is -0.497 e. The molecule has 0 heterocycles. The van der Waals surface area contributed by atoms with E-state index in [9.17, 15) is 22.8 Å². The average Bonchev–Trinajstić information content (AvgIpc) is 2.26. The molecule has 0 spiro atoms. The molecule has 0 bridgehead atoms. The molecule has 1 aromatic rings. The number of anilines is 1. The van der Waals surface area contributed by atoms with Crippen molar-refractivity contribution in [2.24, 2.45) is 0 Å². The number of hydrogen-bond acceptors (Lipinski definition) is 3. The number of benzene rings is 1. The minimum absolute atomic E-state index is 0.0245. The van der Waals surface area contributed by atoms with Gasteiger partial charge in [0.05, 0.1) is 18.4 Å². The van der Waals surface area contributed by atoms with Gasteiger partial charge in [0.15, 0.2) is 0 Å². The number of ether oxygens (including phenoxy) is 1. The number of rotatable bonds is 4. The number of carbonyl (C=O) groups excluding carboxylic acids is 1. The van der Waals surface area contributed by atoms with Crippen LogP contribution in [0.4, 0.5) is 18.9 Å². The van der Waals surface area contributed by atoms with Gasteiger partial charge >= 0.3 is 12.1 Å². The molecule has 0 saturated heterocycles. The Bertz CT molecular complexity index is 499. The number of aliphatic carboxylic acids is 1. The summed E-state index contributed by atoms with van der Waals surface area (Å²) in [5.41, 5.74) is -1.62. The molecule has 0 unspecified atom stereocenters. The maximum absolute atomic E-state index is 12.8. The minimum atomic E-state index is -4.69. The van der Waals surface area contributed by atoms with E-state index < -0.39 is 35.7 Å². The standard InChI is InChI=1S/C11H10F3NO4/c1-19-6-2-3-8(7(4-6)11(12,13)14)15-9(16)5-10(17)18/h2-4H,5H2,1H3,(H,15,16)(H,17,18). The first-order chi connectivity index (χ1) is 8.74. The average molecular weight is 277 g/mol. The van der Waals surface area contributed by atoms with Crippen LogP contribution in [-0.4, -0.2) is 24.1 Å². The van der Waals surface area contributed by atoms with Crippen LogP contribution in [0.15, 0.2) is 18.2 Å². The Kier molecular flexibility index (Phi) is 4.36. The predicted molar refractivity (Wildman–Crippen MR) is 58.9 cm³/mol. The number of nitrogens with one attached hydrogen (secondary N) is 1. The molecule has 0 atom stereocenters. The molecule has 5 nitrogen and oxygen atoms in total. The zero-order valence-electron chi connectivity index (χ0n) is 9.75. The first-order valence-electron chi connectivity index (χ1n) is 5.01. The number of halogens is 3. The van der Waals surface area contributed by atoms with Gasteiger partial charge in [-0.15, -0.1) is 0 Å². The summed E-state index contributed by atoms with van der Waals surface area (Å²) in [4.78, 5) is 21.4. The van der Waals surface area contributed by atoms with Gasteiger partial charge in [-0.2, -0.15) is 13.2 Å². The Hall–Kier alpha value is -2.25. The van der Waals surface area contributed by atoms with Crippen LogP contribution < -0.4 is 10.1 Å². The summed E-state index contributed by atoms with van der Waals surface area (Å²) in [6, 6.07) is 2.95. The molecule has 2 N–H and O–H groups in total. The molecular weight excluding hydrogens is 267 g/mol. The number of hydrogen-bond donors (Lipinski definition) is 2. The van der Waals surface area contributed by atoms with Gasteiger partial charge in [-0.05, 0) is 18.2 Å². The van der Waals surface area contributed by atoms with Crippen LogP contribution in [-0.2, 0) is 15.8 Å². The van der Waals surface area contributed by atoms with E-state index >= 15 is 0 Å². The van der Waals surface area contributed by atoms with Crippen LogP contribution in [0, 0.1) is 0 Å². The first-order valence-corrected chi connectivity index (χ1v) is 5.01. The quantitative estimate of drug-likeness (QED) is 0.827. The fraction of sp³-hybridized carbons (Fsp3) is 0.273. The van der Waals surface area contributed by atoms with Crippen molar-refractivity contribution in [3.8, 4) is 5.75 Å². The lowest BCUT2D eigenvalue weighted by Crippen LogP contribution is -2.19. The van der Waals surface area contributed by atoms with Gasteiger partial charge < -0.3 is 15.2 Å². The SMILES string of the molecule is COc1ccc(NC(=O)CC(=O)O)c(C(F)(F)F)c1. The lowest BCUT2D eigenvalue weighted by molar-refractivity contribution is -0.139. The van der Waals surface area contributed by atoms with Gasteiger partial charge in [0.1, 0.15) is 12.2 Å². The number of methoxy groups -OCH3 is 1. The zero-order valence-corrected chi connectivity index (χ0v) is 9.75. The highest BCUT2D eigenvalue weighted by atomic mass is 19.4. The van der Waals surface area contributed by atoms with E-state index in [-0.39, 0.29) is 5.75 Å². The third-order valence-electron chi connectivity index (χ3n) is 2.12. The van der Waals surface area contributed by atoms with E-state index in [1.54, 1.807) is 0 Å². The monoisotopic (exact) mass is 277 g/mol. The predicted octanol–water partition coefficient (Wildman–Crippen LogP) is 2.13. The lowest BCUT2D eigenvalue weighted by Gasteiger charge is -2.14. The van der Waals surface area contributed by atoms with Crippen molar-refractivity contribution < 1.29 is 32.6 Å². The van der Waals surface area contributed by atoms with Crippen molar-refractivity contribution in [3.05, 3.63) is 23.8 Å². The molecule has 1 amide bonds. The highest BCUT2D eigenvalue weighted by Gasteiger charge is 2.34. The Morgan fingerprint density at radius 2 is 2.00 bits per heavy atom. The molecule has 0 aromatic heterocycles. The second-order valence-corrected chi connectivity index (χ2v) is 3.53. The molecule has 0 aliphatic rings. The van der Waals surface area contributed by atoms with Crippen LogP contribution in [0.1, 0.15) is 12.0 Å². The summed E-state index contributed by atoms with van der Waals surface area (Å²) in [5.74, 6) is -2.49. The second kappa shape index (κ2) is 5.59. The Balaban J connectivity index is 3.06. The van der Waals surface area contributed by atoms with Crippen molar-refractivity contribution >= 4 is 17.6 Å². The van der Waals surface area contributed by atoms with E-state index in [0.717, 1.165) is 12.1 Å². The van der Waals surface area contributed by atoms with Crippen molar-refractivity contribution in [1.82, 2.24) is 0 Å². The molecular formula is C11H10F3NO4. The number of amides is 1. The van der Waals surface area contributed by atoms with Crippen LogP contribution >= 0.6 is 0 Å². The maximum Gasteiger partial charge on any atom is 0.418 e. The highest BCUT2D eigenvalue weighted by molar-refractivity contribution is 6.01. The summed E-state index contributed by atoms with van der Waals surface area (Å²) in [6.45, 7) is 0. The molecule has 19 heavy (non-hydrogen) atoms. The van der Waals surface area contributed by atoms with E-state index in [2.05, 4.69) is 4.74 Å². The topological polar surface area (TPSA) is 75.6 Å². The zero-order chi connectivity index (χ0) is 14.6. The van der Waals surface area contributed by atoms with Gasteiger partial charge in [-0.25, -0.2) is 0 Å².